The number of hydrogen-bond acceptors (Lipinski definition) is 1. The Bertz CT molecular complexity index is 170. The Labute approximate surface area is 67.2 Å². The molecule has 1 rings (SSSR count). The average Bonchev–Trinajstić information content (AvgIpc) is 2.10. The second kappa shape index (κ2) is 8.85. The van der Waals surface area contributed by atoms with E-state index in [1.54, 1.807) is 12.1 Å². The highest BCUT2D eigenvalue weighted by molar-refractivity contribution is 5.74. The van der Waals surface area contributed by atoms with Gasteiger partial charge in [0.05, 0.1) is 0 Å². The van der Waals surface area contributed by atoms with Gasteiger partial charge in [-0.15, -0.1) is 0 Å². The van der Waals surface area contributed by atoms with Gasteiger partial charge in [-0.2, -0.15) is 0 Å². The lowest BCUT2D eigenvalue weighted by Gasteiger charge is -1.81. The lowest BCUT2D eigenvalue weighted by atomic mass is 10.2. The van der Waals surface area contributed by atoms with Crippen molar-refractivity contribution in [2.24, 2.45) is 0 Å². The van der Waals surface area contributed by atoms with Gasteiger partial charge in [0.15, 0.2) is 0 Å². The van der Waals surface area contributed by atoms with Crippen molar-refractivity contribution in [1.82, 2.24) is 0 Å². The molecular formula is C9H14O2. The minimum Gasteiger partial charge on any atom is -0.412 e. The smallest absolute Gasteiger partial charge is 0.150 e. The Morgan fingerprint density at radius 1 is 1.09 bits per heavy atom. The van der Waals surface area contributed by atoms with E-state index in [2.05, 4.69) is 0 Å². The van der Waals surface area contributed by atoms with E-state index in [9.17, 15) is 4.79 Å². The fraction of sp³-hybridized carbons (Fsp3) is 0.222. The van der Waals surface area contributed by atoms with E-state index in [4.69, 9.17) is 0 Å². The molecule has 0 unspecified atom stereocenters. The number of hydrogen-bond donors (Lipinski definition) is 0. The van der Waals surface area contributed by atoms with Gasteiger partial charge in [-0.25, -0.2) is 0 Å². The van der Waals surface area contributed by atoms with Crippen molar-refractivity contribution in [3.8, 4) is 0 Å². The molecular weight excluding hydrogens is 140 g/mol. The quantitative estimate of drug-likeness (QED) is 0.568. The average molecular weight is 154 g/mol. The van der Waals surface area contributed by atoms with Gasteiger partial charge in [-0.3, -0.25) is 4.79 Å². The third-order valence-electron chi connectivity index (χ3n) is 0.936. The summed E-state index contributed by atoms with van der Waals surface area (Å²) in [6.07, 6.45) is 0.833. The Hall–Kier alpha value is -1.15. The molecule has 1 aromatic rings. The first kappa shape index (κ1) is 12.5. The van der Waals surface area contributed by atoms with Crippen LogP contribution in [-0.2, 0) is 0 Å². The zero-order valence-electron chi connectivity index (χ0n) is 6.87. The van der Waals surface area contributed by atoms with Gasteiger partial charge in [0.1, 0.15) is 6.29 Å². The molecule has 0 aromatic heterocycles. The first-order valence-electron chi connectivity index (χ1n) is 3.44. The topological polar surface area (TPSA) is 48.6 Å². The molecule has 0 saturated carbocycles. The normalized spacial score (nSPS) is 6.73. The maximum Gasteiger partial charge on any atom is 0.150 e. The summed E-state index contributed by atoms with van der Waals surface area (Å²) in [6, 6.07) is 9.10. The summed E-state index contributed by atoms with van der Waals surface area (Å²) < 4.78 is 0. The van der Waals surface area contributed by atoms with Crippen molar-refractivity contribution in [1.29, 1.82) is 0 Å². The number of carbonyl (C=O) groups is 1. The fourth-order valence-electron chi connectivity index (χ4n) is 0.532. The Balaban J connectivity index is 0. The molecule has 62 valence electrons. The van der Waals surface area contributed by atoms with E-state index in [1.165, 1.54) is 0 Å². The highest BCUT2D eigenvalue weighted by atomic mass is 16.1. The molecule has 2 heteroatoms. The van der Waals surface area contributed by atoms with Crippen LogP contribution in [0, 0.1) is 0 Å². The minimum absolute atomic E-state index is 0. The molecule has 1 aromatic carbocycles. The van der Waals surface area contributed by atoms with Crippen LogP contribution in [0.4, 0.5) is 0 Å². The Morgan fingerprint density at radius 2 is 1.55 bits per heavy atom. The summed E-state index contributed by atoms with van der Waals surface area (Å²) in [5.74, 6) is 0. The molecule has 0 saturated heterocycles. The fourth-order valence-corrected chi connectivity index (χ4v) is 0.532. The molecule has 0 aliphatic carbocycles. The molecule has 2 N–H and O–H groups in total. The molecule has 11 heavy (non-hydrogen) atoms. The Morgan fingerprint density at radius 3 is 1.82 bits per heavy atom. The molecule has 0 fully saturated rings. The van der Waals surface area contributed by atoms with Crippen molar-refractivity contribution >= 4 is 6.29 Å². The molecule has 0 radical (unpaired) electrons. The van der Waals surface area contributed by atoms with Crippen LogP contribution in [0.3, 0.4) is 0 Å². The first-order chi connectivity index (χ1) is 4.93. The first-order valence-corrected chi connectivity index (χ1v) is 3.44. The molecule has 0 bridgehead atoms. The molecule has 0 amide bonds. The standard InChI is InChI=1S/C7H6O.C2H6.H2O/c8-6-7-4-2-1-3-5-7;1-2;/h1-6H;1-2H3;1H2. The monoisotopic (exact) mass is 154 g/mol. The summed E-state index contributed by atoms with van der Waals surface area (Å²) in [6.45, 7) is 4.00. The van der Waals surface area contributed by atoms with Crippen molar-refractivity contribution in [3.05, 3.63) is 35.9 Å². The maximum atomic E-state index is 10.0. The van der Waals surface area contributed by atoms with Gasteiger partial charge in [-0.05, 0) is 0 Å². The van der Waals surface area contributed by atoms with Crippen LogP contribution in [0.15, 0.2) is 30.3 Å². The minimum atomic E-state index is 0. The van der Waals surface area contributed by atoms with Crippen LogP contribution < -0.4 is 0 Å². The number of rotatable bonds is 1. The summed E-state index contributed by atoms with van der Waals surface area (Å²) in [7, 11) is 0. The lowest BCUT2D eigenvalue weighted by Crippen LogP contribution is -1.73. The highest BCUT2D eigenvalue weighted by Gasteiger charge is 1.79. The predicted molar refractivity (Wildman–Crippen MR) is 46.8 cm³/mol. The van der Waals surface area contributed by atoms with Gasteiger partial charge in [0.25, 0.3) is 0 Å². The molecule has 0 aliphatic heterocycles. The van der Waals surface area contributed by atoms with Gasteiger partial charge < -0.3 is 5.48 Å². The van der Waals surface area contributed by atoms with Gasteiger partial charge >= 0.3 is 0 Å². The van der Waals surface area contributed by atoms with E-state index in [0.29, 0.717) is 0 Å². The third kappa shape index (κ3) is 5.30. The summed E-state index contributed by atoms with van der Waals surface area (Å²) in [4.78, 5) is 10.0. The second-order valence-electron chi connectivity index (χ2n) is 1.53. The van der Waals surface area contributed by atoms with Gasteiger partial charge in [0, 0.05) is 5.56 Å². The largest absolute Gasteiger partial charge is 0.412 e. The van der Waals surface area contributed by atoms with E-state index >= 15 is 0 Å². The SMILES string of the molecule is CC.O.O=Cc1ccccc1. The van der Waals surface area contributed by atoms with E-state index in [-0.39, 0.29) is 5.48 Å². The molecule has 0 heterocycles. The van der Waals surface area contributed by atoms with Crippen molar-refractivity contribution < 1.29 is 10.3 Å². The predicted octanol–water partition coefficient (Wildman–Crippen LogP) is 1.70. The lowest BCUT2D eigenvalue weighted by molar-refractivity contribution is 0.112. The van der Waals surface area contributed by atoms with Crippen molar-refractivity contribution in [2.75, 3.05) is 0 Å². The third-order valence-corrected chi connectivity index (χ3v) is 0.936. The second-order valence-corrected chi connectivity index (χ2v) is 1.53. The Kier molecular flexibility index (Phi) is 10.1. The number of carbonyl (C=O) groups excluding carboxylic acids is 1. The summed E-state index contributed by atoms with van der Waals surface area (Å²) in [5, 5.41) is 0. The van der Waals surface area contributed by atoms with Crippen LogP contribution in [0.1, 0.15) is 24.2 Å². The van der Waals surface area contributed by atoms with Crippen molar-refractivity contribution in [2.45, 2.75) is 13.8 Å². The van der Waals surface area contributed by atoms with Gasteiger partial charge in [0.2, 0.25) is 0 Å². The van der Waals surface area contributed by atoms with Crippen LogP contribution in [0.25, 0.3) is 0 Å². The summed E-state index contributed by atoms with van der Waals surface area (Å²) in [5.41, 5.74) is 0.729. The maximum absolute atomic E-state index is 10.0. The zero-order valence-corrected chi connectivity index (χ0v) is 6.87. The van der Waals surface area contributed by atoms with Crippen LogP contribution >= 0.6 is 0 Å². The van der Waals surface area contributed by atoms with Crippen LogP contribution in [0.2, 0.25) is 0 Å². The van der Waals surface area contributed by atoms with E-state index < -0.39 is 0 Å². The van der Waals surface area contributed by atoms with Gasteiger partial charge in [-0.1, -0.05) is 44.2 Å². The zero-order chi connectivity index (χ0) is 7.82. The van der Waals surface area contributed by atoms with E-state index in [1.807, 2.05) is 32.0 Å². The molecule has 2 nitrogen and oxygen atoms in total. The van der Waals surface area contributed by atoms with Crippen LogP contribution in [-0.4, -0.2) is 11.8 Å². The molecule has 0 spiro atoms. The molecule has 0 aliphatic rings. The van der Waals surface area contributed by atoms with Crippen LogP contribution in [0.5, 0.6) is 0 Å². The number of benzene rings is 1. The summed E-state index contributed by atoms with van der Waals surface area (Å²) >= 11 is 0. The molecule has 0 atom stereocenters. The highest BCUT2D eigenvalue weighted by Crippen LogP contribution is 1.91. The van der Waals surface area contributed by atoms with E-state index in [0.717, 1.165) is 11.8 Å². The number of aldehydes is 1. The van der Waals surface area contributed by atoms with Crippen molar-refractivity contribution in [3.63, 3.8) is 0 Å².